The highest BCUT2D eigenvalue weighted by atomic mass is 32.2. The standard InChI is InChI=1S/C25H23NO2S.C2H6OS/c1-4-19-20-9-5-6-10-21(20)25(24(19)18-14-13-16(2)17(3)15-18)22-11-7-8-12-23(22)29(27,28)26-25;1-4(2)3/h4-15,24,26H,1-3H3;1-2H3/b19-4-;/t24-,25+;/m0./s1. The van der Waals surface area contributed by atoms with Crippen LogP contribution >= 0.6 is 0 Å². The second-order valence-corrected chi connectivity index (χ2v) is 11.9. The summed E-state index contributed by atoms with van der Waals surface area (Å²) in [7, 11) is -4.22. The maximum Gasteiger partial charge on any atom is 0.242 e. The first-order chi connectivity index (χ1) is 15.6. The van der Waals surface area contributed by atoms with Crippen molar-refractivity contribution in [2.24, 2.45) is 0 Å². The van der Waals surface area contributed by atoms with E-state index in [1.807, 2.05) is 31.2 Å². The van der Waals surface area contributed by atoms with Crippen molar-refractivity contribution < 1.29 is 12.6 Å². The zero-order chi connectivity index (χ0) is 24.0. The molecule has 0 fully saturated rings. The Bertz CT molecular complexity index is 1390. The van der Waals surface area contributed by atoms with Crippen LogP contribution < -0.4 is 4.72 Å². The fraction of sp³-hybridized carbons (Fsp3) is 0.259. The van der Waals surface area contributed by atoms with Gasteiger partial charge in [0, 0.05) is 29.2 Å². The van der Waals surface area contributed by atoms with Crippen LogP contribution in [0.1, 0.15) is 46.2 Å². The minimum Gasteiger partial charge on any atom is -0.260 e. The van der Waals surface area contributed by atoms with Crippen molar-refractivity contribution in [3.63, 3.8) is 0 Å². The van der Waals surface area contributed by atoms with Crippen molar-refractivity contribution in [2.75, 3.05) is 12.5 Å². The molecule has 4 nitrogen and oxygen atoms in total. The van der Waals surface area contributed by atoms with Crippen molar-refractivity contribution in [3.05, 3.63) is 106 Å². The Morgan fingerprint density at radius 2 is 1.52 bits per heavy atom. The maximum absolute atomic E-state index is 13.2. The molecule has 0 unspecified atom stereocenters. The summed E-state index contributed by atoms with van der Waals surface area (Å²) in [5.74, 6) is -0.136. The highest BCUT2D eigenvalue weighted by Gasteiger charge is 2.58. The second-order valence-electron chi connectivity index (χ2n) is 8.72. The van der Waals surface area contributed by atoms with Crippen molar-refractivity contribution in [1.82, 2.24) is 4.72 Å². The first kappa shape index (κ1) is 23.6. The van der Waals surface area contributed by atoms with Crippen molar-refractivity contribution >= 4 is 26.4 Å². The van der Waals surface area contributed by atoms with Gasteiger partial charge in [0.1, 0.15) is 0 Å². The van der Waals surface area contributed by atoms with Crippen molar-refractivity contribution in [2.45, 2.75) is 37.1 Å². The summed E-state index contributed by atoms with van der Waals surface area (Å²) in [5, 5.41) is 0. The van der Waals surface area contributed by atoms with E-state index in [0.29, 0.717) is 4.90 Å². The summed E-state index contributed by atoms with van der Waals surface area (Å²) in [6.07, 6.45) is 5.41. The third-order valence-corrected chi connectivity index (χ3v) is 8.00. The minimum atomic E-state index is -3.61. The fourth-order valence-electron chi connectivity index (χ4n) is 5.08. The monoisotopic (exact) mass is 479 g/mol. The number of sulfonamides is 1. The Labute approximate surface area is 199 Å². The van der Waals surface area contributed by atoms with Gasteiger partial charge in [0.05, 0.1) is 10.4 Å². The quantitative estimate of drug-likeness (QED) is 0.532. The first-order valence-electron chi connectivity index (χ1n) is 10.8. The molecule has 6 heteroatoms. The van der Waals surface area contributed by atoms with Crippen LogP contribution in [0.2, 0.25) is 0 Å². The number of hydrogen-bond acceptors (Lipinski definition) is 3. The lowest BCUT2D eigenvalue weighted by Gasteiger charge is -2.34. The van der Waals surface area contributed by atoms with Gasteiger partial charge in [-0.05, 0) is 65.8 Å². The average Bonchev–Trinajstić information content (AvgIpc) is 3.18. The minimum absolute atomic E-state index is 0.136. The summed E-state index contributed by atoms with van der Waals surface area (Å²) in [5.41, 5.74) is 6.83. The lowest BCUT2D eigenvalue weighted by atomic mass is 9.73. The molecule has 2 atom stereocenters. The average molecular weight is 480 g/mol. The Balaban J connectivity index is 0.000000601. The van der Waals surface area contributed by atoms with E-state index >= 15 is 0 Å². The van der Waals surface area contributed by atoms with Crippen LogP contribution in [0, 0.1) is 13.8 Å². The predicted molar refractivity (Wildman–Crippen MR) is 136 cm³/mol. The molecule has 3 aromatic carbocycles. The van der Waals surface area contributed by atoms with Crippen LogP contribution in [-0.4, -0.2) is 25.1 Å². The number of nitrogens with one attached hydrogen (secondary N) is 1. The van der Waals surface area contributed by atoms with Gasteiger partial charge in [-0.25, -0.2) is 8.42 Å². The molecule has 1 heterocycles. The number of rotatable bonds is 1. The number of allylic oxidation sites excluding steroid dienone is 1. The lowest BCUT2D eigenvalue weighted by molar-refractivity contribution is 0.464. The van der Waals surface area contributed by atoms with Gasteiger partial charge in [-0.1, -0.05) is 66.7 Å². The molecule has 3 aromatic rings. The van der Waals surface area contributed by atoms with Crippen LogP contribution in [0.25, 0.3) is 5.57 Å². The zero-order valence-electron chi connectivity index (χ0n) is 19.5. The molecule has 0 bridgehead atoms. The third-order valence-electron chi connectivity index (χ3n) is 6.48. The smallest absolute Gasteiger partial charge is 0.242 e. The molecule has 0 radical (unpaired) electrons. The second kappa shape index (κ2) is 8.67. The molecular formula is C27H29NO3S2. The Hall–Kier alpha value is -2.54. The molecule has 172 valence electrons. The van der Waals surface area contributed by atoms with Gasteiger partial charge >= 0.3 is 0 Å². The van der Waals surface area contributed by atoms with E-state index in [2.05, 4.69) is 55.0 Å². The molecule has 1 aliphatic heterocycles. The molecule has 1 aliphatic carbocycles. The SMILES string of the molecule is C/C=C1/c2ccccc2[C@]2(NS(=O)(=O)c3ccccc32)[C@H]1c1ccc(C)c(C)c1.CS(C)=O. The Kier molecular flexibility index (Phi) is 6.20. The molecule has 0 saturated heterocycles. The van der Waals surface area contributed by atoms with E-state index in [0.717, 1.165) is 27.8 Å². The van der Waals surface area contributed by atoms with E-state index in [1.54, 1.807) is 24.6 Å². The highest BCUT2D eigenvalue weighted by Crippen LogP contribution is 2.60. The van der Waals surface area contributed by atoms with Gasteiger partial charge in [0.15, 0.2) is 0 Å². The Morgan fingerprint density at radius 3 is 2.15 bits per heavy atom. The largest absolute Gasteiger partial charge is 0.260 e. The van der Waals surface area contributed by atoms with E-state index in [9.17, 15) is 12.6 Å². The summed E-state index contributed by atoms with van der Waals surface area (Å²) >= 11 is 0. The van der Waals surface area contributed by atoms with Gasteiger partial charge in [-0.2, -0.15) is 4.72 Å². The number of aryl methyl sites for hydroxylation is 2. The summed E-state index contributed by atoms with van der Waals surface area (Å²) in [4.78, 5) is 0.376. The van der Waals surface area contributed by atoms with Crippen LogP contribution in [0.4, 0.5) is 0 Å². The van der Waals surface area contributed by atoms with Gasteiger partial charge in [0.25, 0.3) is 0 Å². The molecule has 5 rings (SSSR count). The number of hydrogen-bond donors (Lipinski definition) is 1. The van der Waals surface area contributed by atoms with Crippen LogP contribution in [0.15, 0.2) is 77.7 Å². The van der Waals surface area contributed by atoms with Crippen molar-refractivity contribution in [1.29, 1.82) is 0 Å². The van der Waals surface area contributed by atoms with E-state index in [4.69, 9.17) is 0 Å². The van der Waals surface area contributed by atoms with Gasteiger partial charge in [-0.3, -0.25) is 4.21 Å². The molecule has 33 heavy (non-hydrogen) atoms. The topological polar surface area (TPSA) is 63.2 Å². The summed E-state index contributed by atoms with van der Waals surface area (Å²) in [6, 6.07) is 22.0. The van der Waals surface area contributed by atoms with Gasteiger partial charge in [0.2, 0.25) is 10.0 Å². The van der Waals surface area contributed by atoms with E-state index in [1.165, 1.54) is 11.1 Å². The fourth-order valence-corrected chi connectivity index (χ4v) is 6.73. The molecule has 0 aromatic heterocycles. The van der Waals surface area contributed by atoms with Crippen LogP contribution in [-0.2, 0) is 26.4 Å². The van der Waals surface area contributed by atoms with Gasteiger partial charge in [-0.15, -0.1) is 0 Å². The molecule has 0 saturated carbocycles. The van der Waals surface area contributed by atoms with Crippen LogP contribution in [0.5, 0.6) is 0 Å². The molecule has 1 N–H and O–H groups in total. The first-order valence-corrected chi connectivity index (χ1v) is 14.3. The summed E-state index contributed by atoms with van der Waals surface area (Å²) in [6.45, 7) is 6.24. The predicted octanol–water partition coefficient (Wildman–Crippen LogP) is 5.03. The number of benzene rings is 3. The highest BCUT2D eigenvalue weighted by molar-refractivity contribution is 7.90. The number of fused-ring (bicyclic) bond motifs is 4. The maximum atomic E-state index is 13.2. The van der Waals surface area contributed by atoms with Crippen molar-refractivity contribution in [3.8, 4) is 0 Å². The van der Waals surface area contributed by atoms with Gasteiger partial charge < -0.3 is 0 Å². The lowest BCUT2D eigenvalue weighted by Crippen LogP contribution is -2.43. The third kappa shape index (κ3) is 3.80. The molecule has 1 spiro atoms. The van der Waals surface area contributed by atoms with E-state index in [-0.39, 0.29) is 5.92 Å². The Morgan fingerprint density at radius 1 is 0.909 bits per heavy atom. The molecular weight excluding hydrogens is 450 g/mol. The summed E-state index contributed by atoms with van der Waals surface area (Å²) < 4.78 is 39.0. The molecule has 2 aliphatic rings. The normalized spacial score (nSPS) is 23.3. The molecule has 0 amide bonds. The van der Waals surface area contributed by atoms with E-state index < -0.39 is 26.4 Å². The zero-order valence-corrected chi connectivity index (χ0v) is 21.2. The van der Waals surface area contributed by atoms with Crippen LogP contribution in [0.3, 0.4) is 0 Å².